The molecule has 1 aliphatic rings. The Morgan fingerprint density at radius 1 is 1.32 bits per heavy atom. The third-order valence-electron chi connectivity index (χ3n) is 3.34. The zero-order valence-corrected chi connectivity index (χ0v) is 11.0. The van der Waals surface area contributed by atoms with Gasteiger partial charge in [0.15, 0.2) is 0 Å². The molecule has 2 amide bonds. The molecule has 2 rings (SSSR count). The van der Waals surface area contributed by atoms with Gasteiger partial charge >= 0.3 is 0 Å². The van der Waals surface area contributed by atoms with Crippen molar-refractivity contribution in [1.29, 1.82) is 0 Å². The van der Waals surface area contributed by atoms with Crippen molar-refractivity contribution < 1.29 is 9.59 Å². The normalized spacial score (nSPS) is 18.1. The predicted molar refractivity (Wildman–Crippen MR) is 72.7 cm³/mol. The van der Waals surface area contributed by atoms with Gasteiger partial charge in [-0.15, -0.1) is 0 Å². The molecule has 1 aromatic rings. The first-order valence-electron chi connectivity index (χ1n) is 6.50. The van der Waals surface area contributed by atoms with Crippen molar-refractivity contribution in [3.63, 3.8) is 0 Å². The molecular weight excluding hydrogens is 242 g/mol. The molecule has 1 saturated heterocycles. The van der Waals surface area contributed by atoms with Gasteiger partial charge in [-0.2, -0.15) is 0 Å². The maximum Gasteiger partial charge on any atom is 0.251 e. The number of carbonyl (C=O) groups excluding carboxylic acids is 2. The lowest BCUT2D eigenvalue weighted by Crippen LogP contribution is -2.31. The van der Waals surface area contributed by atoms with Crippen molar-refractivity contribution in [2.24, 2.45) is 5.92 Å². The molecule has 1 unspecified atom stereocenters. The van der Waals surface area contributed by atoms with E-state index in [4.69, 9.17) is 0 Å². The summed E-state index contributed by atoms with van der Waals surface area (Å²) in [6.07, 6.45) is 0.904. The van der Waals surface area contributed by atoms with E-state index >= 15 is 0 Å². The van der Waals surface area contributed by atoms with Crippen LogP contribution in [0.5, 0.6) is 0 Å². The largest absolute Gasteiger partial charge is 0.355 e. The highest BCUT2D eigenvalue weighted by atomic mass is 16.2. The van der Waals surface area contributed by atoms with Crippen molar-refractivity contribution in [2.45, 2.75) is 13.0 Å². The van der Waals surface area contributed by atoms with E-state index in [9.17, 15) is 9.59 Å². The fraction of sp³-hybridized carbons (Fsp3) is 0.429. The maximum absolute atomic E-state index is 11.8. The molecule has 19 heavy (non-hydrogen) atoms. The summed E-state index contributed by atoms with van der Waals surface area (Å²) in [6.45, 7) is 2.18. The molecular formula is C14H19N3O2. The summed E-state index contributed by atoms with van der Waals surface area (Å²) >= 11 is 0. The first kappa shape index (κ1) is 13.5. The fourth-order valence-corrected chi connectivity index (χ4v) is 2.13. The topological polar surface area (TPSA) is 70.2 Å². The standard InChI is InChI=1S/C14H19N3O2/c1-15-13(18)11-4-2-10(3-5-11)8-17-14(19)12-6-7-16-9-12/h2-5,12,16H,6-9H2,1H3,(H,15,18)(H,17,19). The highest BCUT2D eigenvalue weighted by Crippen LogP contribution is 2.08. The Labute approximate surface area is 112 Å². The molecule has 0 saturated carbocycles. The van der Waals surface area contributed by atoms with Crippen LogP contribution in [0.3, 0.4) is 0 Å². The molecule has 0 aliphatic carbocycles. The predicted octanol–water partition coefficient (Wildman–Crippen LogP) is 0.272. The SMILES string of the molecule is CNC(=O)c1ccc(CNC(=O)C2CCNC2)cc1. The van der Waals surface area contributed by atoms with Crippen LogP contribution >= 0.6 is 0 Å². The number of amides is 2. The minimum absolute atomic E-state index is 0.0881. The smallest absolute Gasteiger partial charge is 0.251 e. The summed E-state index contributed by atoms with van der Waals surface area (Å²) < 4.78 is 0. The average molecular weight is 261 g/mol. The molecule has 0 aromatic heterocycles. The molecule has 5 heteroatoms. The van der Waals surface area contributed by atoms with E-state index < -0.39 is 0 Å². The lowest BCUT2D eigenvalue weighted by atomic mass is 10.1. The van der Waals surface area contributed by atoms with E-state index in [1.807, 2.05) is 12.1 Å². The molecule has 1 aromatic carbocycles. The Morgan fingerprint density at radius 2 is 2.05 bits per heavy atom. The number of nitrogens with one attached hydrogen (secondary N) is 3. The fourth-order valence-electron chi connectivity index (χ4n) is 2.13. The third kappa shape index (κ3) is 3.54. The Hall–Kier alpha value is -1.88. The summed E-state index contributed by atoms with van der Waals surface area (Å²) in [5.74, 6) is 0.0816. The van der Waals surface area contributed by atoms with E-state index in [0.29, 0.717) is 12.1 Å². The molecule has 1 heterocycles. The quantitative estimate of drug-likeness (QED) is 0.728. The van der Waals surface area contributed by atoms with Crippen molar-refractivity contribution in [3.05, 3.63) is 35.4 Å². The van der Waals surface area contributed by atoms with Gasteiger partial charge in [-0.05, 0) is 30.7 Å². The van der Waals surface area contributed by atoms with Crippen molar-refractivity contribution in [1.82, 2.24) is 16.0 Å². The molecule has 3 N–H and O–H groups in total. The second-order valence-electron chi connectivity index (χ2n) is 4.68. The molecule has 1 atom stereocenters. The van der Waals surface area contributed by atoms with Gasteiger partial charge in [0.05, 0.1) is 5.92 Å². The Kier molecular flexibility index (Phi) is 4.52. The Morgan fingerprint density at radius 3 is 2.63 bits per heavy atom. The minimum atomic E-state index is -0.104. The second-order valence-corrected chi connectivity index (χ2v) is 4.68. The van der Waals surface area contributed by atoms with E-state index in [1.165, 1.54) is 0 Å². The van der Waals surface area contributed by atoms with Crippen molar-refractivity contribution >= 4 is 11.8 Å². The number of rotatable bonds is 4. The van der Waals surface area contributed by atoms with E-state index in [0.717, 1.165) is 25.1 Å². The van der Waals surface area contributed by atoms with Gasteiger partial charge in [0.2, 0.25) is 5.91 Å². The Bertz CT molecular complexity index is 450. The summed E-state index contributed by atoms with van der Waals surface area (Å²) in [5.41, 5.74) is 1.62. The summed E-state index contributed by atoms with van der Waals surface area (Å²) in [6, 6.07) is 7.24. The van der Waals surface area contributed by atoms with Crippen LogP contribution in [-0.4, -0.2) is 32.0 Å². The second kappa shape index (κ2) is 6.33. The molecule has 0 spiro atoms. The van der Waals surface area contributed by atoms with Gasteiger partial charge in [0.25, 0.3) is 5.91 Å². The van der Waals surface area contributed by atoms with Crippen LogP contribution in [0.15, 0.2) is 24.3 Å². The molecule has 0 bridgehead atoms. The lowest BCUT2D eigenvalue weighted by Gasteiger charge is -2.10. The highest BCUT2D eigenvalue weighted by molar-refractivity contribution is 5.93. The van der Waals surface area contributed by atoms with Crippen molar-refractivity contribution in [2.75, 3.05) is 20.1 Å². The molecule has 102 valence electrons. The molecule has 5 nitrogen and oxygen atoms in total. The maximum atomic E-state index is 11.8. The summed E-state index contributed by atoms with van der Waals surface area (Å²) in [5, 5.41) is 8.67. The highest BCUT2D eigenvalue weighted by Gasteiger charge is 2.21. The Balaban J connectivity index is 1.85. The lowest BCUT2D eigenvalue weighted by molar-refractivity contribution is -0.124. The van der Waals surface area contributed by atoms with Gasteiger partial charge < -0.3 is 16.0 Å². The molecule has 0 radical (unpaired) electrons. The molecule has 1 fully saturated rings. The van der Waals surface area contributed by atoms with Crippen LogP contribution < -0.4 is 16.0 Å². The van der Waals surface area contributed by atoms with Crippen LogP contribution in [0.1, 0.15) is 22.3 Å². The van der Waals surface area contributed by atoms with Crippen LogP contribution in [0.4, 0.5) is 0 Å². The average Bonchev–Trinajstić information content (AvgIpc) is 2.98. The first-order valence-corrected chi connectivity index (χ1v) is 6.50. The van der Waals surface area contributed by atoms with Crippen LogP contribution in [0.2, 0.25) is 0 Å². The number of hydrogen-bond donors (Lipinski definition) is 3. The van der Waals surface area contributed by atoms with Gasteiger partial charge in [-0.1, -0.05) is 12.1 Å². The first-order chi connectivity index (χ1) is 9.20. The van der Waals surface area contributed by atoms with Crippen LogP contribution in [-0.2, 0) is 11.3 Å². The number of carbonyl (C=O) groups is 2. The van der Waals surface area contributed by atoms with Crippen LogP contribution in [0, 0.1) is 5.92 Å². The minimum Gasteiger partial charge on any atom is -0.355 e. The van der Waals surface area contributed by atoms with Crippen molar-refractivity contribution in [3.8, 4) is 0 Å². The van der Waals surface area contributed by atoms with Gasteiger partial charge in [0, 0.05) is 25.7 Å². The third-order valence-corrected chi connectivity index (χ3v) is 3.34. The monoisotopic (exact) mass is 261 g/mol. The van der Waals surface area contributed by atoms with Gasteiger partial charge in [-0.25, -0.2) is 0 Å². The number of hydrogen-bond acceptors (Lipinski definition) is 3. The number of benzene rings is 1. The van der Waals surface area contributed by atoms with Gasteiger partial charge in [-0.3, -0.25) is 9.59 Å². The molecule has 1 aliphatic heterocycles. The zero-order chi connectivity index (χ0) is 13.7. The van der Waals surface area contributed by atoms with Gasteiger partial charge in [0.1, 0.15) is 0 Å². The summed E-state index contributed by atoms with van der Waals surface area (Å²) in [4.78, 5) is 23.2. The van der Waals surface area contributed by atoms with E-state index in [-0.39, 0.29) is 17.7 Å². The zero-order valence-electron chi connectivity index (χ0n) is 11.0. The van der Waals surface area contributed by atoms with E-state index in [2.05, 4.69) is 16.0 Å². The van der Waals surface area contributed by atoms with Crippen LogP contribution in [0.25, 0.3) is 0 Å². The van der Waals surface area contributed by atoms with E-state index in [1.54, 1.807) is 19.2 Å². The summed E-state index contributed by atoms with van der Waals surface area (Å²) in [7, 11) is 1.60.